The van der Waals surface area contributed by atoms with Crippen LogP contribution in [0.5, 0.6) is 0 Å². The van der Waals surface area contributed by atoms with Crippen LogP contribution >= 0.6 is 0 Å². The predicted octanol–water partition coefficient (Wildman–Crippen LogP) is 1.62. The average Bonchev–Trinajstić information content (AvgIpc) is 2.52. The molecular weight excluding hydrogens is 250 g/mol. The van der Waals surface area contributed by atoms with Gasteiger partial charge in [-0.1, -0.05) is 18.6 Å². The van der Waals surface area contributed by atoms with Crippen LogP contribution in [0.25, 0.3) is 0 Å². The highest BCUT2D eigenvalue weighted by molar-refractivity contribution is 5.93. The van der Waals surface area contributed by atoms with Crippen molar-refractivity contribution < 1.29 is 4.79 Å². The number of hydrogen-bond acceptors (Lipinski definition) is 3. The highest BCUT2D eigenvalue weighted by Crippen LogP contribution is 2.07. The number of benzene rings is 1. The Kier molecular flexibility index (Phi) is 6.02. The maximum absolute atomic E-state index is 11.4. The molecule has 1 saturated heterocycles. The molecule has 110 valence electrons. The van der Waals surface area contributed by atoms with E-state index >= 15 is 0 Å². The fourth-order valence-electron chi connectivity index (χ4n) is 2.57. The summed E-state index contributed by atoms with van der Waals surface area (Å²) < 4.78 is 0. The first-order valence-electron chi connectivity index (χ1n) is 7.53. The Labute approximate surface area is 121 Å². The van der Waals surface area contributed by atoms with E-state index in [9.17, 15) is 4.79 Å². The maximum atomic E-state index is 11.4. The van der Waals surface area contributed by atoms with E-state index in [4.69, 9.17) is 0 Å². The third-order valence-corrected chi connectivity index (χ3v) is 3.83. The molecule has 0 radical (unpaired) electrons. The van der Waals surface area contributed by atoms with Crippen LogP contribution in [0.15, 0.2) is 24.3 Å². The zero-order chi connectivity index (χ0) is 14.2. The number of carbonyl (C=O) groups excluding carboxylic acids is 1. The Morgan fingerprint density at radius 3 is 2.50 bits per heavy atom. The van der Waals surface area contributed by atoms with Crippen molar-refractivity contribution in [2.75, 3.05) is 33.2 Å². The first-order valence-corrected chi connectivity index (χ1v) is 7.53. The quantitative estimate of drug-likeness (QED) is 0.776. The molecule has 0 spiro atoms. The molecule has 1 aliphatic heterocycles. The minimum atomic E-state index is -0.0328. The number of piperidine rings is 1. The molecule has 1 aromatic carbocycles. The smallest absolute Gasteiger partial charge is 0.251 e. The van der Waals surface area contributed by atoms with Crippen molar-refractivity contribution in [2.45, 2.75) is 25.8 Å². The Bertz CT molecular complexity index is 410. The Morgan fingerprint density at radius 2 is 1.85 bits per heavy atom. The molecule has 0 atom stereocenters. The number of nitrogens with zero attached hydrogens (tertiary/aromatic N) is 1. The summed E-state index contributed by atoms with van der Waals surface area (Å²) in [7, 11) is 1.65. The molecule has 1 amide bonds. The molecule has 1 heterocycles. The zero-order valence-electron chi connectivity index (χ0n) is 12.3. The molecule has 0 saturated carbocycles. The molecule has 2 rings (SSSR count). The SMILES string of the molecule is CNC(=O)c1ccc(CNCCN2CCCCC2)cc1. The van der Waals surface area contributed by atoms with E-state index in [1.54, 1.807) is 7.05 Å². The van der Waals surface area contributed by atoms with Gasteiger partial charge in [-0.3, -0.25) is 4.79 Å². The molecule has 4 heteroatoms. The summed E-state index contributed by atoms with van der Waals surface area (Å²) in [5, 5.41) is 6.10. The van der Waals surface area contributed by atoms with Gasteiger partial charge in [0.05, 0.1) is 0 Å². The molecular formula is C16H25N3O. The van der Waals surface area contributed by atoms with Gasteiger partial charge in [0.15, 0.2) is 0 Å². The van der Waals surface area contributed by atoms with Gasteiger partial charge in [0.1, 0.15) is 0 Å². The van der Waals surface area contributed by atoms with Gasteiger partial charge in [-0.2, -0.15) is 0 Å². The van der Waals surface area contributed by atoms with Crippen molar-refractivity contribution in [3.8, 4) is 0 Å². The largest absolute Gasteiger partial charge is 0.355 e. The first kappa shape index (κ1) is 15.0. The number of likely N-dealkylation sites (tertiary alicyclic amines) is 1. The maximum Gasteiger partial charge on any atom is 0.251 e. The number of carbonyl (C=O) groups is 1. The van der Waals surface area contributed by atoms with Crippen molar-refractivity contribution in [1.82, 2.24) is 15.5 Å². The summed E-state index contributed by atoms with van der Waals surface area (Å²) in [5.74, 6) is -0.0328. The van der Waals surface area contributed by atoms with Crippen molar-refractivity contribution in [1.29, 1.82) is 0 Å². The second-order valence-corrected chi connectivity index (χ2v) is 5.36. The van der Waals surface area contributed by atoms with Gasteiger partial charge < -0.3 is 15.5 Å². The summed E-state index contributed by atoms with van der Waals surface area (Å²) in [6, 6.07) is 7.78. The number of rotatable bonds is 6. The van der Waals surface area contributed by atoms with Gasteiger partial charge in [0.25, 0.3) is 5.91 Å². The Hall–Kier alpha value is -1.39. The van der Waals surface area contributed by atoms with E-state index in [0.29, 0.717) is 5.56 Å². The molecule has 0 bridgehead atoms. The van der Waals surface area contributed by atoms with Crippen molar-refractivity contribution in [3.05, 3.63) is 35.4 Å². The van der Waals surface area contributed by atoms with E-state index < -0.39 is 0 Å². The minimum absolute atomic E-state index is 0.0328. The van der Waals surface area contributed by atoms with Gasteiger partial charge in [0, 0.05) is 32.2 Å². The van der Waals surface area contributed by atoms with Crippen LogP contribution in [0.4, 0.5) is 0 Å². The molecule has 0 unspecified atom stereocenters. The molecule has 20 heavy (non-hydrogen) atoms. The van der Waals surface area contributed by atoms with Crippen molar-refractivity contribution >= 4 is 5.91 Å². The summed E-state index contributed by atoms with van der Waals surface area (Å²) >= 11 is 0. The molecule has 1 aromatic rings. The van der Waals surface area contributed by atoms with E-state index in [2.05, 4.69) is 15.5 Å². The minimum Gasteiger partial charge on any atom is -0.355 e. The summed E-state index contributed by atoms with van der Waals surface area (Å²) in [6.45, 7) is 5.53. The van der Waals surface area contributed by atoms with Crippen LogP contribution in [-0.2, 0) is 6.54 Å². The second-order valence-electron chi connectivity index (χ2n) is 5.36. The summed E-state index contributed by atoms with van der Waals surface area (Å²) in [5.41, 5.74) is 1.93. The normalized spacial score (nSPS) is 16.1. The third kappa shape index (κ3) is 4.62. The highest BCUT2D eigenvalue weighted by Gasteiger charge is 2.08. The molecule has 2 N–H and O–H groups in total. The molecule has 0 aromatic heterocycles. The van der Waals surface area contributed by atoms with Crippen molar-refractivity contribution in [2.24, 2.45) is 0 Å². The van der Waals surface area contributed by atoms with Crippen LogP contribution in [0.1, 0.15) is 35.2 Å². The first-order chi connectivity index (χ1) is 9.79. The van der Waals surface area contributed by atoms with Gasteiger partial charge in [-0.15, -0.1) is 0 Å². The van der Waals surface area contributed by atoms with E-state index in [1.807, 2.05) is 24.3 Å². The number of hydrogen-bond donors (Lipinski definition) is 2. The Balaban J connectivity index is 1.67. The predicted molar refractivity (Wildman–Crippen MR) is 81.8 cm³/mol. The monoisotopic (exact) mass is 275 g/mol. The second kappa shape index (κ2) is 8.02. The lowest BCUT2D eigenvalue weighted by Gasteiger charge is -2.26. The molecule has 1 fully saturated rings. The van der Waals surface area contributed by atoms with Crippen LogP contribution in [0.3, 0.4) is 0 Å². The van der Waals surface area contributed by atoms with Crippen LogP contribution in [0.2, 0.25) is 0 Å². The van der Waals surface area contributed by atoms with Gasteiger partial charge in [-0.05, 0) is 43.6 Å². The van der Waals surface area contributed by atoms with Gasteiger partial charge >= 0.3 is 0 Å². The molecule has 0 aliphatic carbocycles. The highest BCUT2D eigenvalue weighted by atomic mass is 16.1. The summed E-state index contributed by atoms with van der Waals surface area (Å²) in [6.07, 6.45) is 4.09. The number of amides is 1. The lowest BCUT2D eigenvalue weighted by Crippen LogP contribution is -2.35. The molecule has 1 aliphatic rings. The standard InChI is InChI=1S/C16H25N3O/c1-17-16(20)15-7-5-14(6-8-15)13-18-9-12-19-10-3-2-4-11-19/h5-8,18H,2-4,9-13H2,1H3,(H,17,20). The lowest BCUT2D eigenvalue weighted by molar-refractivity contribution is 0.0963. The van der Waals surface area contributed by atoms with E-state index in [1.165, 1.54) is 37.9 Å². The summed E-state index contributed by atoms with van der Waals surface area (Å²) in [4.78, 5) is 14.0. The van der Waals surface area contributed by atoms with E-state index in [-0.39, 0.29) is 5.91 Å². The lowest BCUT2D eigenvalue weighted by atomic mass is 10.1. The van der Waals surface area contributed by atoms with Crippen LogP contribution in [-0.4, -0.2) is 44.0 Å². The topological polar surface area (TPSA) is 44.4 Å². The number of nitrogens with one attached hydrogen (secondary N) is 2. The van der Waals surface area contributed by atoms with Crippen molar-refractivity contribution in [3.63, 3.8) is 0 Å². The van der Waals surface area contributed by atoms with E-state index in [0.717, 1.165) is 19.6 Å². The van der Waals surface area contributed by atoms with Gasteiger partial charge in [0.2, 0.25) is 0 Å². The average molecular weight is 275 g/mol. The molecule has 4 nitrogen and oxygen atoms in total. The zero-order valence-corrected chi connectivity index (χ0v) is 12.3. The van der Waals surface area contributed by atoms with Gasteiger partial charge in [-0.25, -0.2) is 0 Å². The van der Waals surface area contributed by atoms with Crippen LogP contribution < -0.4 is 10.6 Å². The Morgan fingerprint density at radius 1 is 1.15 bits per heavy atom. The third-order valence-electron chi connectivity index (χ3n) is 3.83. The fraction of sp³-hybridized carbons (Fsp3) is 0.562. The van der Waals surface area contributed by atoms with Crippen LogP contribution in [0, 0.1) is 0 Å². The fourth-order valence-corrected chi connectivity index (χ4v) is 2.57.